The number of anilines is 1. The van der Waals surface area contributed by atoms with E-state index < -0.39 is 16.9 Å². The highest BCUT2D eigenvalue weighted by atomic mass is 16.6. The lowest BCUT2D eigenvalue weighted by Crippen LogP contribution is -2.27. The number of aliphatic hydroxyl groups is 2. The quantitative estimate of drug-likeness (QED) is 0.302. The third-order valence-electron chi connectivity index (χ3n) is 5.63. The lowest BCUT2D eigenvalue weighted by atomic mass is 9.83. The predicted molar refractivity (Wildman–Crippen MR) is 117 cm³/mol. The summed E-state index contributed by atoms with van der Waals surface area (Å²) >= 11 is 0. The lowest BCUT2D eigenvalue weighted by Gasteiger charge is -2.24. The van der Waals surface area contributed by atoms with Crippen molar-refractivity contribution in [1.29, 1.82) is 0 Å². The second-order valence-electron chi connectivity index (χ2n) is 7.55. The monoisotopic (exact) mass is 432 g/mol. The van der Waals surface area contributed by atoms with E-state index in [1.807, 2.05) is 0 Å². The molecule has 4 rings (SSSR count). The highest BCUT2D eigenvalue weighted by molar-refractivity contribution is 6.30. The SMILES string of the molecule is O=C1c2ccccc2C(=O)c2c(NCC(CO)C(O)c3ccc([N+](=O)[O-])cc3)cccc21. The fraction of sp³-hybridized carbons (Fsp3) is 0.167. The van der Waals surface area contributed by atoms with Crippen LogP contribution in [-0.4, -0.2) is 39.9 Å². The van der Waals surface area contributed by atoms with Crippen LogP contribution in [0.25, 0.3) is 0 Å². The first-order chi connectivity index (χ1) is 15.4. The minimum atomic E-state index is -1.09. The molecular weight excluding hydrogens is 412 g/mol. The first-order valence-electron chi connectivity index (χ1n) is 10.0. The molecule has 0 aliphatic heterocycles. The molecule has 1 aliphatic carbocycles. The molecule has 0 aromatic heterocycles. The van der Waals surface area contributed by atoms with Crippen LogP contribution in [0.15, 0.2) is 66.7 Å². The highest BCUT2D eigenvalue weighted by Gasteiger charge is 2.31. The Morgan fingerprint density at radius 1 is 0.875 bits per heavy atom. The molecule has 2 atom stereocenters. The molecule has 2 unspecified atom stereocenters. The number of non-ortho nitro benzene ring substituents is 1. The molecule has 0 radical (unpaired) electrons. The third kappa shape index (κ3) is 3.77. The number of aliphatic hydroxyl groups excluding tert-OH is 2. The Morgan fingerprint density at radius 3 is 2.12 bits per heavy atom. The van der Waals surface area contributed by atoms with Gasteiger partial charge in [0, 0.05) is 47.0 Å². The largest absolute Gasteiger partial charge is 0.396 e. The van der Waals surface area contributed by atoms with Crippen molar-refractivity contribution in [2.75, 3.05) is 18.5 Å². The summed E-state index contributed by atoms with van der Waals surface area (Å²) in [6, 6.07) is 17.0. The fourth-order valence-corrected chi connectivity index (χ4v) is 3.87. The molecule has 3 N–H and O–H groups in total. The van der Waals surface area contributed by atoms with Gasteiger partial charge in [-0.1, -0.05) is 36.4 Å². The zero-order valence-corrected chi connectivity index (χ0v) is 16.9. The van der Waals surface area contributed by atoms with Gasteiger partial charge in [0.25, 0.3) is 5.69 Å². The molecule has 8 heteroatoms. The maximum absolute atomic E-state index is 13.1. The smallest absolute Gasteiger partial charge is 0.269 e. The normalized spacial score (nSPS) is 14.3. The number of nitrogens with zero attached hydrogens (tertiary/aromatic N) is 1. The van der Waals surface area contributed by atoms with Crippen LogP contribution in [0.5, 0.6) is 0 Å². The second kappa shape index (κ2) is 8.70. The molecule has 8 nitrogen and oxygen atoms in total. The average Bonchev–Trinajstić information content (AvgIpc) is 2.82. The molecule has 3 aromatic carbocycles. The van der Waals surface area contributed by atoms with Crippen LogP contribution in [0.3, 0.4) is 0 Å². The van der Waals surface area contributed by atoms with E-state index in [-0.39, 0.29) is 36.0 Å². The van der Waals surface area contributed by atoms with Crippen molar-refractivity contribution in [3.05, 3.63) is 105 Å². The number of nitro benzene ring substituents is 1. The number of fused-ring (bicyclic) bond motifs is 2. The summed E-state index contributed by atoms with van der Waals surface area (Å²) in [5.74, 6) is -1.16. The number of hydrogen-bond acceptors (Lipinski definition) is 7. The Labute approximate surface area is 183 Å². The van der Waals surface area contributed by atoms with Crippen LogP contribution >= 0.6 is 0 Å². The van der Waals surface area contributed by atoms with Gasteiger partial charge >= 0.3 is 0 Å². The molecule has 3 aromatic rings. The molecule has 0 saturated heterocycles. The topological polar surface area (TPSA) is 130 Å². The predicted octanol–water partition coefficient (Wildman–Crippen LogP) is 3.12. The van der Waals surface area contributed by atoms with Crippen LogP contribution < -0.4 is 5.32 Å². The van der Waals surface area contributed by atoms with Gasteiger partial charge < -0.3 is 15.5 Å². The van der Waals surface area contributed by atoms with Gasteiger partial charge in [0.15, 0.2) is 11.6 Å². The van der Waals surface area contributed by atoms with Gasteiger partial charge in [-0.25, -0.2) is 0 Å². The number of carbonyl (C=O) groups is 2. The molecule has 0 bridgehead atoms. The van der Waals surface area contributed by atoms with E-state index in [0.717, 1.165) is 0 Å². The van der Waals surface area contributed by atoms with E-state index in [1.54, 1.807) is 42.5 Å². The summed E-state index contributed by atoms with van der Waals surface area (Å²) < 4.78 is 0. The Hall–Kier alpha value is -3.88. The molecule has 0 heterocycles. The van der Waals surface area contributed by atoms with E-state index in [9.17, 15) is 29.9 Å². The van der Waals surface area contributed by atoms with Crippen molar-refractivity contribution < 1.29 is 24.7 Å². The van der Waals surface area contributed by atoms with Gasteiger partial charge in [-0.3, -0.25) is 19.7 Å². The number of rotatable bonds is 7. The van der Waals surface area contributed by atoms with Gasteiger partial charge in [-0.05, 0) is 23.8 Å². The maximum atomic E-state index is 13.1. The number of ketones is 2. The Balaban J connectivity index is 1.56. The van der Waals surface area contributed by atoms with Crippen LogP contribution in [0.2, 0.25) is 0 Å². The standard InChI is InChI=1S/C24H20N2O6/c27-13-15(22(28)14-8-10-16(11-9-14)26(31)32)12-25-20-7-3-6-19-21(20)24(30)18-5-2-1-4-17(18)23(19)29/h1-11,15,22,25,27-28H,12-13H2. The molecule has 0 spiro atoms. The van der Waals surface area contributed by atoms with Crippen molar-refractivity contribution in [2.45, 2.75) is 6.10 Å². The minimum absolute atomic E-state index is 0.0982. The molecule has 162 valence electrons. The van der Waals surface area contributed by atoms with Crippen molar-refractivity contribution in [1.82, 2.24) is 0 Å². The van der Waals surface area contributed by atoms with E-state index in [4.69, 9.17) is 0 Å². The molecule has 0 saturated carbocycles. The van der Waals surface area contributed by atoms with E-state index in [0.29, 0.717) is 27.9 Å². The van der Waals surface area contributed by atoms with Crippen LogP contribution in [-0.2, 0) is 0 Å². The van der Waals surface area contributed by atoms with Crippen molar-refractivity contribution >= 4 is 22.9 Å². The summed E-state index contributed by atoms with van der Waals surface area (Å²) in [5.41, 5.74) is 2.02. The number of carbonyl (C=O) groups excluding carboxylic acids is 2. The zero-order chi connectivity index (χ0) is 22.8. The van der Waals surface area contributed by atoms with Gasteiger partial charge in [0.1, 0.15) is 0 Å². The van der Waals surface area contributed by atoms with Crippen LogP contribution in [0, 0.1) is 16.0 Å². The summed E-state index contributed by atoms with van der Waals surface area (Å²) in [6.07, 6.45) is -1.09. The number of hydrogen-bond donors (Lipinski definition) is 3. The summed E-state index contributed by atoms with van der Waals surface area (Å²) in [7, 11) is 0. The van der Waals surface area contributed by atoms with E-state index in [1.165, 1.54) is 24.3 Å². The van der Waals surface area contributed by atoms with Gasteiger partial charge in [0.05, 0.1) is 23.2 Å². The number of benzene rings is 3. The van der Waals surface area contributed by atoms with E-state index >= 15 is 0 Å². The third-order valence-corrected chi connectivity index (χ3v) is 5.63. The van der Waals surface area contributed by atoms with Gasteiger partial charge in [0.2, 0.25) is 0 Å². The van der Waals surface area contributed by atoms with Crippen molar-refractivity contribution in [2.24, 2.45) is 5.92 Å². The van der Waals surface area contributed by atoms with Crippen molar-refractivity contribution in [3.8, 4) is 0 Å². The van der Waals surface area contributed by atoms with E-state index in [2.05, 4.69) is 5.32 Å². The summed E-state index contributed by atoms with van der Waals surface area (Å²) in [5, 5.41) is 34.4. The highest BCUT2D eigenvalue weighted by Crippen LogP contribution is 2.32. The molecule has 0 fully saturated rings. The minimum Gasteiger partial charge on any atom is -0.396 e. The van der Waals surface area contributed by atoms with Gasteiger partial charge in [-0.2, -0.15) is 0 Å². The Bertz CT molecular complexity index is 1210. The summed E-state index contributed by atoms with van der Waals surface area (Å²) in [6.45, 7) is -0.260. The second-order valence-corrected chi connectivity index (χ2v) is 7.55. The first kappa shape index (κ1) is 21.4. The molecular formula is C24H20N2O6. The van der Waals surface area contributed by atoms with Crippen LogP contribution in [0.4, 0.5) is 11.4 Å². The van der Waals surface area contributed by atoms with Gasteiger partial charge in [-0.15, -0.1) is 0 Å². The first-order valence-corrected chi connectivity index (χ1v) is 10.0. The lowest BCUT2D eigenvalue weighted by molar-refractivity contribution is -0.384. The molecule has 32 heavy (non-hydrogen) atoms. The summed E-state index contributed by atoms with van der Waals surface area (Å²) in [4.78, 5) is 36.2. The molecule has 0 amide bonds. The Morgan fingerprint density at radius 2 is 1.50 bits per heavy atom. The average molecular weight is 432 g/mol. The Kier molecular flexibility index (Phi) is 5.81. The maximum Gasteiger partial charge on any atom is 0.269 e. The molecule has 1 aliphatic rings. The number of nitro groups is 1. The number of nitrogens with one attached hydrogen (secondary N) is 1. The fourth-order valence-electron chi connectivity index (χ4n) is 3.87. The van der Waals surface area contributed by atoms with Crippen molar-refractivity contribution in [3.63, 3.8) is 0 Å². The zero-order valence-electron chi connectivity index (χ0n) is 16.9. The van der Waals surface area contributed by atoms with Crippen LogP contribution in [0.1, 0.15) is 43.5 Å².